The molecule has 0 radical (unpaired) electrons. The first-order chi connectivity index (χ1) is 18.7. The van der Waals surface area contributed by atoms with Crippen LogP contribution in [0.3, 0.4) is 0 Å². The Bertz CT molecular complexity index is 1430. The number of hydrogen-bond donors (Lipinski definition) is 2. The summed E-state index contributed by atoms with van der Waals surface area (Å²) in [4.78, 5) is 26.0. The summed E-state index contributed by atoms with van der Waals surface area (Å²) >= 11 is 0. The zero-order valence-electron chi connectivity index (χ0n) is 23.0. The molecule has 4 aromatic rings. The summed E-state index contributed by atoms with van der Waals surface area (Å²) in [5.74, 6) is 2.74. The number of rotatable bonds is 12. The van der Waals surface area contributed by atoms with Gasteiger partial charge in [0.25, 0.3) is 0 Å². The highest BCUT2D eigenvalue weighted by atomic mass is 16.5. The molecular formula is C28H33N7O4. The first kappa shape index (κ1) is 27.5. The Hall–Kier alpha value is -4.51. The number of hydrogen-bond acceptors (Lipinski definition) is 10. The van der Waals surface area contributed by atoms with Crippen LogP contribution in [-0.4, -0.2) is 56.9 Å². The van der Waals surface area contributed by atoms with E-state index in [-0.39, 0.29) is 5.78 Å². The number of nitrogens with zero attached hydrogens (tertiary/aromatic N) is 5. The van der Waals surface area contributed by atoms with Crippen LogP contribution in [0.1, 0.15) is 37.6 Å². The van der Waals surface area contributed by atoms with Gasteiger partial charge in [0.05, 0.1) is 41.4 Å². The summed E-state index contributed by atoms with van der Waals surface area (Å²) in [6.07, 6.45) is 5.14. The van der Waals surface area contributed by atoms with E-state index in [0.29, 0.717) is 58.9 Å². The largest absolute Gasteiger partial charge is 0.494 e. The SMILES string of the molecule is CCC(=O)c1cnc(Nc2ccc(OCC(C)(C)OC)cn2)cc1Nc1cccc(-c2ncn(C)n2)c1OC. The Balaban J connectivity index is 1.60. The number of methoxy groups -OCH3 is 2. The van der Waals surface area contributed by atoms with Crippen molar-refractivity contribution < 1.29 is 19.0 Å². The first-order valence-electron chi connectivity index (χ1n) is 12.5. The minimum absolute atomic E-state index is 0.0447. The predicted molar refractivity (Wildman–Crippen MR) is 149 cm³/mol. The standard InChI is InChI=1S/C28H33N7O4/c1-7-23(36)20-15-30-25(33-24-12-11-18(14-29-24)39-16-28(2,3)38-6)13-22(20)32-21-10-8-9-19(26(21)37-5)27-31-17-35(4)34-27/h8-15,17H,7,16H2,1-6H3,(H2,29,30,32,33). The maximum Gasteiger partial charge on any atom is 0.184 e. The van der Waals surface area contributed by atoms with E-state index in [1.165, 1.54) is 0 Å². The molecule has 0 aliphatic heterocycles. The van der Waals surface area contributed by atoms with Gasteiger partial charge in [-0.1, -0.05) is 13.0 Å². The van der Waals surface area contributed by atoms with Crippen molar-refractivity contribution in [2.75, 3.05) is 31.5 Å². The van der Waals surface area contributed by atoms with E-state index in [9.17, 15) is 4.79 Å². The number of para-hydroxylation sites is 1. The fourth-order valence-electron chi connectivity index (χ4n) is 3.67. The summed E-state index contributed by atoms with van der Waals surface area (Å²) < 4.78 is 18.5. The second-order valence-electron chi connectivity index (χ2n) is 9.40. The molecule has 0 atom stereocenters. The lowest BCUT2D eigenvalue weighted by molar-refractivity contribution is -0.0147. The summed E-state index contributed by atoms with van der Waals surface area (Å²) in [5, 5.41) is 10.9. The Morgan fingerprint density at radius 1 is 1.00 bits per heavy atom. The summed E-state index contributed by atoms with van der Waals surface area (Å²) in [7, 11) is 5.03. The fourth-order valence-corrected chi connectivity index (χ4v) is 3.67. The second-order valence-corrected chi connectivity index (χ2v) is 9.40. The quantitative estimate of drug-likeness (QED) is 0.237. The molecule has 39 heavy (non-hydrogen) atoms. The van der Waals surface area contributed by atoms with Gasteiger partial charge in [-0.3, -0.25) is 9.48 Å². The summed E-state index contributed by atoms with van der Waals surface area (Å²) in [6, 6.07) is 11.0. The van der Waals surface area contributed by atoms with Gasteiger partial charge in [0, 0.05) is 32.8 Å². The highest BCUT2D eigenvalue weighted by Gasteiger charge is 2.19. The first-order valence-corrected chi connectivity index (χ1v) is 12.5. The molecule has 11 nitrogen and oxygen atoms in total. The van der Waals surface area contributed by atoms with E-state index in [4.69, 9.17) is 14.2 Å². The summed E-state index contributed by atoms with van der Waals surface area (Å²) in [6.45, 7) is 6.10. The van der Waals surface area contributed by atoms with Gasteiger partial charge in [-0.15, -0.1) is 0 Å². The van der Waals surface area contributed by atoms with Crippen molar-refractivity contribution in [3.05, 3.63) is 60.7 Å². The summed E-state index contributed by atoms with van der Waals surface area (Å²) in [5.41, 5.74) is 2.01. The molecule has 0 spiro atoms. The van der Waals surface area contributed by atoms with E-state index in [1.807, 2.05) is 45.0 Å². The van der Waals surface area contributed by atoms with Crippen LogP contribution < -0.4 is 20.1 Å². The average molecular weight is 532 g/mol. The van der Waals surface area contributed by atoms with Crippen molar-refractivity contribution in [1.82, 2.24) is 24.7 Å². The van der Waals surface area contributed by atoms with Crippen LogP contribution in [0, 0.1) is 0 Å². The molecule has 204 valence electrons. The smallest absolute Gasteiger partial charge is 0.184 e. The zero-order chi connectivity index (χ0) is 28.0. The molecule has 3 heterocycles. The van der Waals surface area contributed by atoms with Crippen molar-refractivity contribution in [2.45, 2.75) is 32.8 Å². The van der Waals surface area contributed by atoms with Gasteiger partial charge in [0.1, 0.15) is 30.3 Å². The third kappa shape index (κ3) is 6.68. The number of carbonyl (C=O) groups is 1. The van der Waals surface area contributed by atoms with Gasteiger partial charge in [0.15, 0.2) is 17.4 Å². The highest BCUT2D eigenvalue weighted by Crippen LogP contribution is 2.37. The van der Waals surface area contributed by atoms with E-state index >= 15 is 0 Å². The van der Waals surface area contributed by atoms with E-state index in [0.717, 1.165) is 5.56 Å². The van der Waals surface area contributed by atoms with Crippen LogP contribution in [0.2, 0.25) is 0 Å². The number of benzene rings is 1. The van der Waals surface area contributed by atoms with Crippen molar-refractivity contribution in [3.8, 4) is 22.9 Å². The molecule has 0 saturated heterocycles. The third-order valence-corrected chi connectivity index (χ3v) is 5.99. The number of pyridine rings is 2. The number of ether oxygens (including phenoxy) is 3. The van der Waals surface area contributed by atoms with Gasteiger partial charge >= 0.3 is 0 Å². The molecular weight excluding hydrogens is 498 g/mol. The Morgan fingerprint density at radius 3 is 2.44 bits per heavy atom. The number of aryl methyl sites for hydroxylation is 1. The van der Waals surface area contributed by atoms with Crippen LogP contribution >= 0.6 is 0 Å². The number of aromatic nitrogens is 5. The molecule has 0 fully saturated rings. The molecule has 0 aliphatic carbocycles. The minimum atomic E-state index is -0.405. The molecule has 3 aromatic heterocycles. The maximum absolute atomic E-state index is 12.7. The van der Waals surface area contributed by atoms with Gasteiger partial charge in [-0.2, -0.15) is 5.10 Å². The minimum Gasteiger partial charge on any atom is -0.494 e. The fraction of sp³-hybridized carbons (Fsp3) is 0.321. The molecule has 0 unspecified atom stereocenters. The average Bonchev–Trinajstić information content (AvgIpc) is 3.38. The molecule has 11 heteroatoms. The lowest BCUT2D eigenvalue weighted by Gasteiger charge is -2.22. The van der Waals surface area contributed by atoms with Crippen LogP contribution in [-0.2, 0) is 11.8 Å². The van der Waals surface area contributed by atoms with Gasteiger partial charge in [-0.25, -0.2) is 15.0 Å². The van der Waals surface area contributed by atoms with Gasteiger partial charge in [0.2, 0.25) is 0 Å². The molecule has 0 saturated carbocycles. The Kier molecular flexibility index (Phi) is 8.40. The van der Waals surface area contributed by atoms with Crippen LogP contribution in [0.25, 0.3) is 11.4 Å². The van der Waals surface area contributed by atoms with Crippen molar-refractivity contribution in [1.29, 1.82) is 0 Å². The number of anilines is 4. The van der Waals surface area contributed by atoms with Crippen molar-refractivity contribution in [2.24, 2.45) is 7.05 Å². The van der Waals surface area contributed by atoms with Gasteiger partial charge < -0.3 is 24.8 Å². The Labute approximate surface area is 227 Å². The monoisotopic (exact) mass is 531 g/mol. The maximum atomic E-state index is 12.7. The molecule has 4 rings (SSSR count). The molecule has 0 amide bonds. The zero-order valence-corrected chi connectivity index (χ0v) is 23.0. The lowest BCUT2D eigenvalue weighted by atomic mass is 10.1. The third-order valence-electron chi connectivity index (χ3n) is 5.99. The normalized spacial score (nSPS) is 11.2. The predicted octanol–water partition coefficient (Wildman–Crippen LogP) is 5.16. The number of ketones is 1. The van der Waals surface area contributed by atoms with E-state index < -0.39 is 5.60 Å². The van der Waals surface area contributed by atoms with Gasteiger partial charge in [-0.05, 0) is 38.1 Å². The highest BCUT2D eigenvalue weighted by molar-refractivity contribution is 6.02. The lowest BCUT2D eigenvalue weighted by Crippen LogP contribution is -2.30. The number of Topliss-reactive ketones (excluding diaryl/α,β-unsaturated/α-hetero) is 1. The molecule has 2 N–H and O–H groups in total. The number of nitrogens with one attached hydrogen (secondary N) is 2. The van der Waals surface area contributed by atoms with E-state index in [1.54, 1.807) is 56.8 Å². The van der Waals surface area contributed by atoms with Crippen LogP contribution in [0.15, 0.2) is 55.1 Å². The number of carbonyl (C=O) groups excluding carboxylic acids is 1. The molecule has 0 bridgehead atoms. The van der Waals surface area contributed by atoms with E-state index in [2.05, 4.69) is 30.7 Å². The topological polar surface area (TPSA) is 125 Å². The molecule has 0 aliphatic rings. The van der Waals surface area contributed by atoms with Crippen LogP contribution in [0.5, 0.6) is 11.5 Å². The Morgan fingerprint density at radius 2 is 1.79 bits per heavy atom. The molecule has 1 aromatic carbocycles. The van der Waals surface area contributed by atoms with Crippen LogP contribution in [0.4, 0.5) is 23.0 Å². The van der Waals surface area contributed by atoms with Crippen molar-refractivity contribution in [3.63, 3.8) is 0 Å². The second kappa shape index (κ2) is 11.9. The van der Waals surface area contributed by atoms with Crippen molar-refractivity contribution >= 4 is 28.8 Å².